The van der Waals surface area contributed by atoms with Crippen molar-refractivity contribution in [1.82, 2.24) is 15.1 Å². The lowest BCUT2D eigenvalue weighted by atomic mass is 10.1. The van der Waals surface area contributed by atoms with Crippen LogP contribution in [-0.4, -0.2) is 79.3 Å². The van der Waals surface area contributed by atoms with Crippen molar-refractivity contribution in [2.45, 2.75) is 23.8 Å². The standard InChI is InChI=1S/C17H20N4O7S/c1-29(27,28)14-9-11(8-13(10-14)21(25)26)16(23)19-4-6-20(7-5-19)17(24)15(22)18-12-2-3-12/h8-10,12H,2-7H2,1H3,(H,18,22). The first-order valence-electron chi connectivity index (χ1n) is 8.95. The minimum Gasteiger partial charge on any atom is -0.345 e. The minimum atomic E-state index is -3.75. The molecule has 2 fully saturated rings. The van der Waals surface area contributed by atoms with Crippen molar-refractivity contribution in [2.75, 3.05) is 32.4 Å². The van der Waals surface area contributed by atoms with Crippen molar-refractivity contribution in [2.24, 2.45) is 0 Å². The molecule has 1 N–H and O–H groups in total. The third-order valence-electron chi connectivity index (χ3n) is 4.74. The second-order valence-electron chi connectivity index (χ2n) is 7.08. The summed E-state index contributed by atoms with van der Waals surface area (Å²) in [7, 11) is -3.75. The predicted octanol–water partition coefficient (Wildman–Crippen LogP) is -0.439. The van der Waals surface area contributed by atoms with Gasteiger partial charge in [0.05, 0.1) is 9.82 Å². The molecule has 1 aliphatic heterocycles. The average Bonchev–Trinajstić information content (AvgIpc) is 3.49. The Balaban J connectivity index is 1.70. The average molecular weight is 424 g/mol. The number of non-ortho nitro benzene ring substituents is 1. The lowest BCUT2D eigenvalue weighted by Gasteiger charge is -2.34. The van der Waals surface area contributed by atoms with Gasteiger partial charge in [0.15, 0.2) is 9.84 Å². The van der Waals surface area contributed by atoms with Crippen LogP contribution in [0, 0.1) is 10.1 Å². The van der Waals surface area contributed by atoms with E-state index in [1.807, 2.05) is 0 Å². The van der Waals surface area contributed by atoms with E-state index in [9.17, 15) is 32.9 Å². The van der Waals surface area contributed by atoms with E-state index in [0.717, 1.165) is 37.3 Å². The second kappa shape index (κ2) is 7.78. The molecule has 1 heterocycles. The van der Waals surface area contributed by atoms with E-state index >= 15 is 0 Å². The Labute approximate surface area is 166 Å². The van der Waals surface area contributed by atoms with Crippen LogP contribution in [0.15, 0.2) is 23.1 Å². The number of hydrogen-bond acceptors (Lipinski definition) is 7. The molecule has 2 aliphatic rings. The van der Waals surface area contributed by atoms with Gasteiger partial charge < -0.3 is 15.1 Å². The van der Waals surface area contributed by atoms with Crippen LogP contribution in [0.25, 0.3) is 0 Å². The van der Waals surface area contributed by atoms with Gasteiger partial charge in [-0.05, 0) is 18.9 Å². The quantitative estimate of drug-likeness (QED) is 0.391. The summed E-state index contributed by atoms with van der Waals surface area (Å²) in [4.78, 5) is 49.5. The van der Waals surface area contributed by atoms with E-state index in [1.165, 1.54) is 9.80 Å². The Kier molecular flexibility index (Phi) is 5.55. The molecular weight excluding hydrogens is 404 g/mol. The minimum absolute atomic E-state index is 0.0622. The summed E-state index contributed by atoms with van der Waals surface area (Å²) in [5, 5.41) is 13.7. The zero-order valence-corrected chi connectivity index (χ0v) is 16.5. The van der Waals surface area contributed by atoms with Gasteiger partial charge in [0, 0.05) is 56.2 Å². The fourth-order valence-electron chi connectivity index (χ4n) is 2.94. The van der Waals surface area contributed by atoms with Crippen molar-refractivity contribution < 1.29 is 27.7 Å². The Bertz CT molecular complexity index is 979. The maximum atomic E-state index is 12.7. The molecule has 1 aromatic rings. The molecule has 156 valence electrons. The number of nitrogens with one attached hydrogen (secondary N) is 1. The number of sulfone groups is 1. The molecule has 0 atom stereocenters. The zero-order valence-electron chi connectivity index (χ0n) is 15.7. The zero-order chi connectivity index (χ0) is 21.3. The summed E-state index contributed by atoms with van der Waals surface area (Å²) < 4.78 is 23.6. The van der Waals surface area contributed by atoms with E-state index in [-0.39, 0.29) is 42.7 Å². The van der Waals surface area contributed by atoms with Crippen molar-refractivity contribution in [3.63, 3.8) is 0 Å². The van der Waals surface area contributed by atoms with E-state index in [4.69, 9.17) is 0 Å². The molecule has 12 heteroatoms. The molecule has 0 spiro atoms. The van der Waals surface area contributed by atoms with Crippen molar-refractivity contribution in [1.29, 1.82) is 0 Å². The molecule has 1 aromatic carbocycles. The highest BCUT2D eigenvalue weighted by atomic mass is 32.2. The summed E-state index contributed by atoms with van der Waals surface area (Å²) in [6, 6.07) is 3.09. The van der Waals surface area contributed by atoms with E-state index in [0.29, 0.717) is 0 Å². The van der Waals surface area contributed by atoms with Gasteiger partial charge in [-0.3, -0.25) is 24.5 Å². The lowest BCUT2D eigenvalue weighted by molar-refractivity contribution is -0.385. The molecule has 1 aliphatic carbocycles. The lowest BCUT2D eigenvalue weighted by Crippen LogP contribution is -2.54. The number of nitrogens with zero attached hydrogens (tertiary/aromatic N) is 3. The molecule has 3 amide bonds. The Hall–Kier alpha value is -3.02. The fourth-order valence-corrected chi connectivity index (χ4v) is 3.62. The number of nitro benzene ring substituents is 1. The van der Waals surface area contributed by atoms with Crippen molar-refractivity contribution in [3.8, 4) is 0 Å². The molecular formula is C17H20N4O7S. The summed E-state index contributed by atoms with van der Waals surface area (Å²) >= 11 is 0. The van der Waals surface area contributed by atoms with E-state index < -0.39 is 38.2 Å². The Morgan fingerprint density at radius 3 is 2.17 bits per heavy atom. The van der Waals surface area contributed by atoms with Gasteiger partial charge in [-0.15, -0.1) is 0 Å². The van der Waals surface area contributed by atoms with Gasteiger partial charge in [0.2, 0.25) is 0 Å². The molecule has 0 bridgehead atoms. The third-order valence-corrected chi connectivity index (χ3v) is 5.83. The number of hydrogen-bond donors (Lipinski definition) is 1. The SMILES string of the molecule is CS(=O)(=O)c1cc(C(=O)N2CCN(C(=O)C(=O)NC3CC3)CC2)cc([N+](=O)[O-])c1. The van der Waals surface area contributed by atoms with Crippen LogP contribution in [0.1, 0.15) is 23.2 Å². The highest BCUT2D eigenvalue weighted by Gasteiger charge is 2.32. The topological polar surface area (TPSA) is 147 Å². The first-order valence-corrected chi connectivity index (χ1v) is 10.8. The van der Waals surface area contributed by atoms with E-state index in [2.05, 4.69) is 5.32 Å². The van der Waals surface area contributed by atoms with Crippen LogP contribution in [0.5, 0.6) is 0 Å². The Morgan fingerprint density at radius 2 is 1.66 bits per heavy atom. The summed E-state index contributed by atoms with van der Waals surface area (Å²) in [6.45, 7) is 0.517. The van der Waals surface area contributed by atoms with Crippen LogP contribution >= 0.6 is 0 Å². The highest BCUT2D eigenvalue weighted by molar-refractivity contribution is 7.90. The van der Waals surface area contributed by atoms with Crippen molar-refractivity contribution >= 4 is 33.2 Å². The predicted molar refractivity (Wildman–Crippen MR) is 99.9 cm³/mol. The number of nitro groups is 1. The van der Waals surface area contributed by atoms with Gasteiger partial charge in [-0.25, -0.2) is 8.42 Å². The number of rotatable bonds is 4. The molecule has 0 aromatic heterocycles. The Morgan fingerprint density at radius 1 is 1.07 bits per heavy atom. The first kappa shape index (κ1) is 20.7. The van der Waals surface area contributed by atoms with Gasteiger partial charge in [-0.2, -0.15) is 0 Å². The number of piperazine rings is 1. The molecule has 0 unspecified atom stereocenters. The van der Waals surface area contributed by atoms with Gasteiger partial charge in [0.1, 0.15) is 0 Å². The molecule has 29 heavy (non-hydrogen) atoms. The number of carbonyl (C=O) groups excluding carboxylic acids is 3. The van der Waals surface area contributed by atoms with Crippen LogP contribution in [-0.2, 0) is 19.4 Å². The largest absolute Gasteiger partial charge is 0.345 e. The highest BCUT2D eigenvalue weighted by Crippen LogP contribution is 2.22. The number of benzene rings is 1. The van der Waals surface area contributed by atoms with Crippen molar-refractivity contribution in [3.05, 3.63) is 33.9 Å². The first-order chi connectivity index (χ1) is 13.6. The second-order valence-corrected chi connectivity index (χ2v) is 9.09. The molecule has 11 nitrogen and oxygen atoms in total. The van der Waals surface area contributed by atoms with Crippen LogP contribution in [0.4, 0.5) is 5.69 Å². The third kappa shape index (κ3) is 4.88. The molecule has 0 radical (unpaired) electrons. The normalized spacial score (nSPS) is 17.0. The molecule has 1 saturated heterocycles. The van der Waals surface area contributed by atoms with Gasteiger partial charge in [0.25, 0.3) is 11.6 Å². The number of amides is 3. The van der Waals surface area contributed by atoms with Crippen LogP contribution < -0.4 is 5.32 Å². The molecule has 1 saturated carbocycles. The monoisotopic (exact) mass is 424 g/mol. The fraction of sp³-hybridized carbons (Fsp3) is 0.471. The maximum Gasteiger partial charge on any atom is 0.312 e. The van der Waals surface area contributed by atoms with E-state index in [1.54, 1.807) is 0 Å². The van der Waals surface area contributed by atoms with Gasteiger partial charge >= 0.3 is 11.8 Å². The summed E-state index contributed by atoms with van der Waals surface area (Å²) in [5.74, 6) is -1.89. The summed E-state index contributed by atoms with van der Waals surface area (Å²) in [6.07, 6.45) is 2.62. The van der Waals surface area contributed by atoms with Crippen LogP contribution in [0.3, 0.4) is 0 Å². The summed E-state index contributed by atoms with van der Waals surface area (Å²) in [5.41, 5.74) is -0.618. The van der Waals surface area contributed by atoms with Crippen LogP contribution in [0.2, 0.25) is 0 Å². The van der Waals surface area contributed by atoms with Gasteiger partial charge in [-0.1, -0.05) is 0 Å². The smallest absolute Gasteiger partial charge is 0.312 e. The molecule has 3 rings (SSSR count). The number of carbonyl (C=O) groups is 3. The maximum absolute atomic E-state index is 12.7.